The van der Waals surface area contributed by atoms with E-state index in [1.54, 1.807) is 0 Å². The van der Waals surface area contributed by atoms with Crippen molar-refractivity contribution in [1.29, 1.82) is 0 Å². The summed E-state index contributed by atoms with van der Waals surface area (Å²) in [6, 6.07) is 15.7. The summed E-state index contributed by atoms with van der Waals surface area (Å²) in [4.78, 5) is -1.22. The molecule has 36 heavy (non-hydrogen) atoms. The van der Waals surface area contributed by atoms with Gasteiger partial charge in [-0.3, -0.25) is 13.7 Å². The van der Waals surface area contributed by atoms with Gasteiger partial charge in [-0.2, -0.15) is 25.3 Å². The maximum atomic E-state index is 11.6. The van der Waals surface area contributed by atoms with Crippen molar-refractivity contribution in [3.63, 3.8) is 0 Å². The summed E-state index contributed by atoms with van der Waals surface area (Å²) < 4.78 is 97.7. The predicted octanol–water partition coefficient (Wildman–Crippen LogP) is -2.76. The van der Waals surface area contributed by atoms with Crippen LogP contribution in [0.1, 0.15) is 0 Å². The Morgan fingerprint density at radius 2 is 0.694 bits per heavy atom. The summed E-state index contributed by atoms with van der Waals surface area (Å²) in [5.74, 6) is 0. The monoisotopic (exact) mass is 598 g/mol. The quantitative estimate of drug-likeness (QED) is 0.150. The Labute approximate surface area is 230 Å². The van der Waals surface area contributed by atoms with Gasteiger partial charge in [-0.05, 0) is 60.2 Å². The molecular weight excluding hydrogens is 574 g/mol. The van der Waals surface area contributed by atoms with Crippen LogP contribution < -0.4 is 15.9 Å². The number of benzene rings is 3. The van der Waals surface area contributed by atoms with E-state index in [2.05, 4.69) is 0 Å². The Morgan fingerprint density at radius 3 is 0.889 bits per heavy atom. The third-order valence-corrected chi connectivity index (χ3v) is 9.05. The van der Waals surface area contributed by atoms with Gasteiger partial charge in [-0.25, -0.2) is 0 Å². The van der Waals surface area contributed by atoms with E-state index in [1.165, 1.54) is 54.6 Å². The van der Waals surface area contributed by atoms with E-state index < -0.39 is 53.0 Å². The van der Waals surface area contributed by atoms with Gasteiger partial charge < -0.3 is 21.9 Å². The van der Waals surface area contributed by atoms with Crippen molar-refractivity contribution < 1.29 is 60.8 Å². The van der Waals surface area contributed by atoms with Gasteiger partial charge >= 0.3 is 29.6 Å². The Bertz CT molecular complexity index is 1300. The Hall–Kier alpha value is -1.34. The Balaban J connectivity index is -0.00000218. The van der Waals surface area contributed by atoms with Crippen LogP contribution in [0.5, 0.6) is 0 Å². The molecule has 0 atom stereocenters. The standard InChI is InChI=1S/C18H15O9PS3.Na.4H2O.H/c19-29(20,21)16-7-1-4-13(10-16)28(14-5-2-8-17(11-14)30(22,23)24)15-6-3-9-18(12-15)31(25,26)27;;;;;;/h1-12H,(H,19,20,21)(H,22,23,24)(H,25,26,27);;4*1H2;. The zero-order valence-corrected chi connectivity index (χ0v) is 20.7. The van der Waals surface area contributed by atoms with Gasteiger partial charge in [0.15, 0.2) is 0 Å². The van der Waals surface area contributed by atoms with E-state index in [-0.39, 0.29) is 51.5 Å². The van der Waals surface area contributed by atoms with E-state index in [1.807, 2.05) is 0 Å². The molecule has 18 heteroatoms. The van der Waals surface area contributed by atoms with Gasteiger partial charge in [0, 0.05) is 0 Å². The van der Waals surface area contributed by atoms with E-state index >= 15 is 0 Å². The summed E-state index contributed by atoms with van der Waals surface area (Å²) in [5.41, 5.74) is 0. The molecule has 0 saturated carbocycles. The van der Waals surface area contributed by atoms with Crippen LogP contribution in [0.3, 0.4) is 0 Å². The second-order valence-corrected chi connectivity index (χ2v) is 12.7. The molecule has 0 heterocycles. The number of hydrogen-bond donors (Lipinski definition) is 3. The Morgan fingerprint density at radius 1 is 0.472 bits per heavy atom. The van der Waals surface area contributed by atoms with Crippen molar-refractivity contribution in [3.8, 4) is 0 Å². The fourth-order valence-corrected chi connectivity index (χ4v) is 7.04. The molecule has 13 nitrogen and oxygen atoms in total. The molecule has 0 unspecified atom stereocenters. The van der Waals surface area contributed by atoms with Gasteiger partial charge in [0.05, 0.1) is 14.7 Å². The van der Waals surface area contributed by atoms with Crippen LogP contribution in [-0.2, 0) is 30.4 Å². The van der Waals surface area contributed by atoms with Crippen molar-refractivity contribution in [2.24, 2.45) is 0 Å². The summed E-state index contributed by atoms with van der Waals surface area (Å²) in [6.07, 6.45) is 0. The number of rotatable bonds is 6. The first kappa shape index (κ1) is 39.2. The van der Waals surface area contributed by atoms with Crippen molar-refractivity contribution in [2.45, 2.75) is 14.7 Å². The molecule has 198 valence electrons. The SMILES string of the molecule is O.O.O.O.O=S(=O)(O)c1cccc(P(c2cccc(S(=O)(=O)O)c2)c2cccc(S(=O)(=O)O)c2)c1.[NaH]. The third kappa shape index (κ3) is 9.51. The zero-order valence-electron chi connectivity index (χ0n) is 17.4. The van der Waals surface area contributed by atoms with Crippen LogP contribution in [0, 0.1) is 0 Å². The van der Waals surface area contributed by atoms with Crippen LogP contribution in [0.25, 0.3) is 0 Å². The molecule has 0 radical (unpaired) electrons. The molecule has 0 aliphatic rings. The van der Waals surface area contributed by atoms with Crippen molar-refractivity contribution in [1.82, 2.24) is 0 Å². The molecule has 3 rings (SSSR count). The fourth-order valence-electron chi connectivity index (χ4n) is 2.80. The molecule has 0 aromatic heterocycles. The van der Waals surface area contributed by atoms with Crippen molar-refractivity contribution in [2.75, 3.05) is 0 Å². The summed E-state index contributed by atoms with van der Waals surface area (Å²) in [6.45, 7) is 0. The first-order valence-corrected chi connectivity index (χ1v) is 14.0. The molecule has 0 fully saturated rings. The van der Waals surface area contributed by atoms with Gasteiger partial charge in [0.1, 0.15) is 0 Å². The summed E-state index contributed by atoms with van der Waals surface area (Å²) in [7, 11) is -15.4. The van der Waals surface area contributed by atoms with E-state index in [4.69, 9.17) is 0 Å². The average Bonchev–Trinajstić information content (AvgIpc) is 2.67. The third-order valence-electron chi connectivity index (χ3n) is 4.12. The van der Waals surface area contributed by atoms with Crippen molar-refractivity contribution >= 4 is 83.7 Å². The van der Waals surface area contributed by atoms with Crippen LogP contribution >= 0.6 is 7.92 Å². The molecule has 0 spiro atoms. The van der Waals surface area contributed by atoms with Crippen molar-refractivity contribution in [3.05, 3.63) is 72.8 Å². The molecule has 0 saturated heterocycles. The first-order valence-electron chi connectivity index (χ1n) is 8.30. The first-order chi connectivity index (χ1) is 14.3. The molecule has 11 N–H and O–H groups in total. The zero-order chi connectivity index (χ0) is 23.0. The molecule has 0 aliphatic heterocycles. The van der Waals surface area contributed by atoms with E-state index in [0.29, 0.717) is 15.9 Å². The van der Waals surface area contributed by atoms with Crippen LogP contribution in [0.4, 0.5) is 0 Å². The van der Waals surface area contributed by atoms with Crippen LogP contribution in [0.2, 0.25) is 0 Å². The minimum absolute atomic E-state index is 0. The van der Waals surface area contributed by atoms with Gasteiger partial charge in [-0.1, -0.05) is 36.4 Å². The summed E-state index contributed by atoms with van der Waals surface area (Å²) in [5, 5.41) is 1.01. The molecule has 0 aliphatic carbocycles. The fraction of sp³-hybridized carbons (Fsp3) is 0. The topological polar surface area (TPSA) is 289 Å². The van der Waals surface area contributed by atoms with E-state index in [0.717, 1.165) is 18.2 Å². The molecular formula is C18H24NaO13PS3. The molecule has 3 aromatic rings. The predicted molar refractivity (Wildman–Crippen MR) is 136 cm³/mol. The van der Waals surface area contributed by atoms with Gasteiger partial charge in [-0.15, -0.1) is 0 Å². The van der Waals surface area contributed by atoms with E-state index in [9.17, 15) is 38.9 Å². The summed E-state index contributed by atoms with van der Waals surface area (Å²) >= 11 is 0. The molecule has 0 bridgehead atoms. The van der Waals surface area contributed by atoms with Crippen LogP contribution in [0.15, 0.2) is 87.5 Å². The second kappa shape index (κ2) is 14.6. The van der Waals surface area contributed by atoms with Gasteiger partial charge in [0.25, 0.3) is 30.4 Å². The number of hydrogen-bond acceptors (Lipinski definition) is 6. The van der Waals surface area contributed by atoms with Crippen LogP contribution in [-0.4, -0.2) is 90.4 Å². The molecule has 3 aromatic carbocycles. The average molecular weight is 599 g/mol. The minimum atomic E-state index is -4.55. The van der Waals surface area contributed by atoms with Gasteiger partial charge in [0.2, 0.25) is 0 Å². The normalized spacial score (nSPS) is 11.0. The maximum absolute atomic E-state index is 11.6. The second-order valence-electron chi connectivity index (χ2n) is 6.25. The molecule has 0 amide bonds. The Kier molecular flexibility index (Phi) is 15.8.